The number of carbonyl (C=O) groups is 1. The molecule has 0 bridgehead atoms. The van der Waals surface area contributed by atoms with Crippen LogP contribution in [0.4, 0.5) is 0 Å². The summed E-state index contributed by atoms with van der Waals surface area (Å²) in [6.45, 7) is 6.61. The molecule has 0 aliphatic heterocycles. The van der Waals surface area contributed by atoms with Gasteiger partial charge in [-0.2, -0.15) is 0 Å². The van der Waals surface area contributed by atoms with E-state index in [1.807, 2.05) is 24.3 Å². The standard InChI is InChI=1S/C20H25O3P.B/c1-20(2,3)24(16-9-7-6-8-10-16)14-17(21)15-11-12-18(22-4)19(13-15)23-5;/h6-13H,14H2,1-5H3;. The van der Waals surface area contributed by atoms with Crippen LogP contribution < -0.4 is 14.8 Å². The summed E-state index contributed by atoms with van der Waals surface area (Å²) in [5.74, 6) is 1.36. The van der Waals surface area contributed by atoms with Crippen LogP contribution in [0, 0.1) is 0 Å². The van der Waals surface area contributed by atoms with Crippen LogP contribution in [0.1, 0.15) is 31.1 Å². The molecule has 0 heterocycles. The number of ether oxygens (including phenoxy) is 2. The molecule has 0 aromatic heterocycles. The first-order valence-electron chi connectivity index (χ1n) is 7.94. The maximum Gasteiger partial charge on any atom is 0.167 e. The van der Waals surface area contributed by atoms with Gasteiger partial charge in [-0.15, -0.1) is 0 Å². The molecule has 0 amide bonds. The molecule has 2 aromatic rings. The predicted octanol–water partition coefficient (Wildman–Crippen LogP) is 4.11. The molecule has 25 heavy (non-hydrogen) atoms. The summed E-state index contributed by atoms with van der Waals surface area (Å²) in [7, 11) is 2.57. The molecule has 0 saturated carbocycles. The van der Waals surface area contributed by atoms with E-state index in [9.17, 15) is 4.79 Å². The minimum atomic E-state index is -0.607. The lowest BCUT2D eigenvalue weighted by atomic mass is 10.1. The van der Waals surface area contributed by atoms with E-state index < -0.39 is 7.92 Å². The molecular formula is C20H25BO3P. The zero-order valence-electron chi connectivity index (χ0n) is 15.6. The molecular weight excluding hydrogens is 330 g/mol. The van der Waals surface area contributed by atoms with Crippen LogP contribution in [0.5, 0.6) is 11.5 Å². The molecule has 0 aliphatic carbocycles. The highest BCUT2D eigenvalue weighted by atomic mass is 31.1. The van der Waals surface area contributed by atoms with Crippen molar-refractivity contribution in [2.45, 2.75) is 25.9 Å². The second kappa shape index (κ2) is 9.06. The van der Waals surface area contributed by atoms with Gasteiger partial charge in [-0.05, 0) is 28.7 Å². The number of methoxy groups -OCH3 is 2. The average Bonchev–Trinajstić information content (AvgIpc) is 2.58. The largest absolute Gasteiger partial charge is 0.493 e. The molecule has 0 fully saturated rings. The van der Waals surface area contributed by atoms with Crippen molar-refractivity contribution in [1.82, 2.24) is 0 Å². The van der Waals surface area contributed by atoms with E-state index in [0.717, 1.165) is 0 Å². The van der Waals surface area contributed by atoms with Gasteiger partial charge in [0, 0.05) is 20.1 Å². The number of hydrogen-bond donors (Lipinski definition) is 0. The Hall–Kier alpha value is -1.80. The predicted molar refractivity (Wildman–Crippen MR) is 107 cm³/mol. The van der Waals surface area contributed by atoms with Gasteiger partial charge in [-0.3, -0.25) is 4.79 Å². The van der Waals surface area contributed by atoms with Gasteiger partial charge < -0.3 is 9.47 Å². The summed E-state index contributed by atoms with van der Waals surface area (Å²) in [6, 6.07) is 15.7. The van der Waals surface area contributed by atoms with Gasteiger partial charge >= 0.3 is 0 Å². The molecule has 0 N–H and O–H groups in total. The Morgan fingerprint density at radius 2 is 1.56 bits per heavy atom. The normalized spacial score (nSPS) is 12.0. The molecule has 2 aromatic carbocycles. The third-order valence-corrected chi connectivity index (χ3v) is 7.03. The van der Waals surface area contributed by atoms with Crippen LogP contribution in [0.15, 0.2) is 48.5 Å². The van der Waals surface area contributed by atoms with Crippen LogP contribution >= 0.6 is 7.92 Å². The molecule has 3 nitrogen and oxygen atoms in total. The third kappa shape index (κ3) is 5.34. The first-order chi connectivity index (χ1) is 11.4. The molecule has 1 atom stereocenters. The fourth-order valence-electron chi connectivity index (χ4n) is 2.57. The van der Waals surface area contributed by atoms with Crippen molar-refractivity contribution in [2.75, 3.05) is 20.4 Å². The lowest BCUT2D eigenvalue weighted by Crippen LogP contribution is -2.24. The maximum absolute atomic E-state index is 12.9. The van der Waals surface area contributed by atoms with Crippen molar-refractivity contribution < 1.29 is 14.3 Å². The average molecular weight is 355 g/mol. The second-order valence-corrected chi connectivity index (χ2v) is 9.62. The Morgan fingerprint density at radius 1 is 0.960 bits per heavy atom. The Kier molecular flexibility index (Phi) is 7.70. The number of benzene rings is 2. The first kappa shape index (κ1) is 21.2. The summed E-state index contributed by atoms with van der Waals surface area (Å²) >= 11 is 0. The molecule has 0 spiro atoms. The zero-order chi connectivity index (χ0) is 17.7. The Balaban J connectivity index is 0.00000312. The van der Waals surface area contributed by atoms with Gasteiger partial charge in [0.05, 0.1) is 14.2 Å². The molecule has 5 heteroatoms. The fraction of sp³-hybridized carbons (Fsp3) is 0.350. The zero-order valence-corrected chi connectivity index (χ0v) is 16.5. The van der Waals surface area contributed by atoms with E-state index >= 15 is 0 Å². The number of carbonyl (C=O) groups excluding carboxylic acids is 1. The van der Waals surface area contributed by atoms with Gasteiger partial charge in [-0.1, -0.05) is 59.0 Å². The lowest BCUT2D eigenvalue weighted by molar-refractivity contribution is 0.102. The van der Waals surface area contributed by atoms with Crippen LogP contribution in [0.25, 0.3) is 0 Å². The minimum Gasteiger partial charge on any atom is -0.493 e. The molecule has 3 radical (unpaired) electrons. The second-order valence-electron chi connectivity index (χ2n) is 6.59. The van der Waals surface area contributed by atoms with E-state index in [1.54, 1.807) is 26.4 Å². The summed E-state index contributed by atoms with van der Waals surface area (Å²) in [4.78, 5) is 12.9. The Labute approximate surface area is 154 Å². The topological polar surface area (TPSA) is 35.5 Å². The number of rotatable bonds is 6. The maximum atomic E-state index is 12.9. The lowest BCUT2D eigenvalue weighted by Gasteiger charge is -2.31. The van der Waals surface area contributed by atoms with Crippen molar-refractivity contribution in [1.29, 1.82) is 0 Å². The Bertz CT molecular complexity index is 696. The van der Waals surface area contributed by atoms with Crippen molar-refractivity contribution >= 4 is 27.4 Å². The van der Waals surface area contributed by atoms with Gasteiger partial charge in [-0.25, -0.2) is 0 Å². The van der Waals surface area contributed by atoms with Crippen LogP contribution in [0.2, 0.25) is 0 Å². The van der Waals surface area contributed by atoms with E-state index in [4.69, 9.17) is 9.47 Å². The van der Waals surface area contributed by atoms with Gasteiger partial charge in [0.15, 0.2) is 17.3 Å². The summed E-state index contributed by atoms with van der Waals surface area (Å²) in [5.41, 5.74) is 0.667. The monoisotopic (exact) mass is 355 g/mol. The third-order valence-electron chi connectivity index (χ3n) is 3.88. The highest BCUT2D eigenvalue weighted by molar-refractivity contribution is 7.68. The van der Waals surface area contributed by atoms with Gasteiger partial charge in [0.25, 0.3) is 0 Å². The SMILES string of the molecule is COc1ccc(C(=O)CP(c2ccccc2)C(C)(C)C)cc1OC.[B]. The summed E-state index contributed by atoms with van der Waals surface area (Å²) in [6.07, 6.45) is 0.526. The summed E-state index contributed by atoms with van der Waals surface area (Å²) in [5, 5.41) is 1.32. The number of ketones is 1. The van der Waals surface area contributed by atoms with Crippen molar-refractivity contribution in [3.05, 3.63) is 54.1 Å². The first-order valence-corrected chi connectivity index (χ1v) is 9.47. The molecule has 131 valence electrons. The van der Waals surface area contributed by atoms with E-state index in [2.05, 4.69) is 32.9 Å². The molecule has 2 rings (SSSR count). The quantitative estimate of drug-likeness (QED) is 0.444. The Morgan fingerprint density at radius 3 is 2.08 bits per heavy atom. The van der Waals surface area contributed by atoms with Crippen LogP contribution in [-0.4, -0.2) is 39.7 Å². The highest BCUT2D eigenvalue weighted by Crippen LogP contribution is 2.48. The van der Waals surface area contributed by atoms with Gasteiger partial charge in [0.1, 0.15) is 0 Å². The molecule has 1 unspecified atom stereocenters. The van der Waals surface area contributed by atoms with Crippen LogP contribution in [0.3, 0.4) is 0 Å². The number of Topliss-reactive ketones (excluding diaryl/α,β-unsaturated/α-hetero) is 1. The van der Waals surface area contributed by atoms with E-state index in [1.165, 1.54) is 5.30 Å². The summed E-state index contributed by atoms with van der Waals surface area (Å²) < 4.78 is 10.6. The number of hydrogen-bond acceptors (Lipinski definition) is 3. The fourth-order valence-corrected chi connectivity index (χ4v) is 5.00. The van der Waals surface area contributed by atoms with Gasteiger partial charge in [0.2, 0.25) is 0 Å². The minimum absolute atomic E-state index is 0. The molecule has 0 saturated heterocycles. The van der Waals surface area contributed by atoms with E-state index in [-0.39, 0.29) is 19.4 Å². The smallest absolute Gasteiger partial charge is 0.167 e. The van der Waals surface area contributed by atoms with Crippen LogP contribution in [-0.2, 0) is 0 Å². The highest BCUT2D eigenvalue weighted by Gasteiger charge is 2.28. The van der Waals surface area contributed by atoms with Crippen molar-refractivity contribution in [3.63, 3.8) is 0 Å². The van der Waals surface area contributed by atoms with Crippen molar-refractivity contribution in [3.8, 4) is 11.5 Å². The van der Waals surface area contributed by atoms with Crippen molar-refractivity contribution in [2.24, 2.45) is 0 Å². The molecule has 0 aliphatic rings. The van der Waals surface area contributed by atoms with E-state index in [0.29, 0.717) is 23.2 Å².